The quantitative estimate of drug-likeness (QED) is 0.420. The SMILES string of the molecule is CCCCNc1ncc2c(-c3ccc(F)cc3)nc(C3CCC(NC(=O)OC(C)(C)C)CC3)n2n1. The maximum atomic E-state index is 13.5. The van der Waals surface area contributed by atoms with Gasteiger partial charge in [-0.15, -0.1) is 5.10 Å². The predicted octanol–water partition coefficient (Wildman–Crippen LogP) is 5.69. The molecular formula is C26H35FN6O2. The number of carbonyl (C=O) groups is 1. The molecule has 1 aliphatic carbocycles. The zero-order valence-corrected chi connectivity index (χ0v) is 21.0. The van der Waals surface area contributed by atoms with Gasteiger partial charge in [0.1, 0.15) is 22.8 Å². The Bertz CT molecular complexity index is 1150. The van der Waals surface area contributed by atoms with Crippen molar-refractivity contribution in [3.63, 3.8) is 0 Å². The lowest BCUT2D eigenvalue weighted by atomic mass is 9.85. The molecular weight excluding hydrogens is 447 g/mol. The van der Waals surface area contributed by atoms with Gasteiger partial charge in [0.05, 0.1) is 11.9 Å². The van der Waals surface area contributed by atoms with Gasteiger partial charge in [0.15, 0.2) is 0 Å². The van der Waals surface area contributed by atoms with E-state index in [1.807, 2.05) is 25.3 Å². The molecule has 1 saturated carbocycles. The molecule has 0 saturated heterocycles. The van der Waals surface area contributed by atoms with Crippen molar-refractivity contribution in [2.75, 3.05) is 11.9 Å². The monoisotopic (exact) mass is 482 g/mol. The van der Waals surface area contributed by atoms with E-state index in [1.54, 1.807) is 18.3 Å². The van der Waals surface area contributed by atoms with Crippen LogP contribution >= 0.6 is 0 Å². The Morgan fingerprint density at radius 2 is 1.89 bits per heavy atom. The van der Waals surface area contributed by atoms with Gasteiger partial charge in [-0.3, -0.25) is 0 Å². The van der Waals surface area contributed by atoms with Crippen molar-refractivity contribution < 1.29 is 13.9 Å². The van der Waals surface area contributed by atoms with Crippen molar-refractivity contribution in [1.82, 2.24) is 24.9 Å². The van der Waals surface area contributed by atoms with Crippen LogP contribution in [0.5, 0.6) is 0 Å². The molecule has 3 aromatic rings. The largest absolute Gasteiger partial charge is 0.444 e. The molecule has 0 spiro atoms. The van der Waals surface area contributed by atoms with Gasteiger partial charge in [-0.2, -0.15) is 0 Å². The molecule has 2 N–H and O–H groups in total. The number of aromatic nitrogens is 4. The van der Waals surface area contributed by atoms with Crippen molar-refractivity contribution in [1.29, 1.82) is 0 Å². The van der Waals surface area contributed by atoms with Crippen LogP contribution in [0, 0.1) is 5.82 Å². The number of anilines is 1. The lowest BCUT2D eigenvalue weighted by Crippen LogP contribution is -2.40. The van der Waals surface area contributed by atoms with Crippen molar-refractivity contribution in [2.24, 2.45) is 0 Å². The third-order valence-electron chi connectivity index (χ3n) is 6.16. The Morgan fingerprint density at radius 3 is 2.54 bits per heavy atom. The van der Waals surface area contributed by atoms with Gasteiger partial charge >= 0.3 is 6.09 Å². The average Bonchev–Trinajstić information content (AvgIpc) is 3.18. The highest BCUT2D eigenvalue weighted by atomic mass is 19.1. The summed E-state index contributed by atoms with van der Waals surface area (Å²) in [7, 11) is 0. The van der Waals surface area contributed by atoms with Crippen molar-refractivity contribution in [3.05, 3.63) is 42.1 Å². The molecule has 1 fully saturated rings. The number of fused-ring (bicyclic) bond motifs is 1. The smallest absolute Gasteiger partial charge is 0.407 e. The van der Waals surface area contributed by atoms with Crippen LogP contribution < -0.4 is 10.6 Å². The molecule has 188 valence electrons. The van der Waals surface area contributed by atoms with E-state index in [1.165, 1.54) is 12.1 Å². The first-order valence-electron chi connectivity index (χ1n) is 12.5. The summed E-state index contributed by atoms with van der Waals surface area (Å²) in [6, 6.07) is 6.42. The van der Waals surface area contributed by atoms with Crippen LogP contribution in [0.2, 0.25) is 0 Å². The van der Waals surface area contributed by atoms with Crippen LogP contribution in [0.25, 0.3) is 16.8 Å². The maximum Gasteiger partial charge on any atom is 0.407 e. The lowest BCUT2D eigenvalue weighted by Gasteiger charge is -2.29. The van der Waals surface area contributed by atoms with Crippen molar-refractivity contribution in [2.45, 2.75) is 83.8 Å². The van der Waals surface area contributed by atoms with E-state index in [4.69, 9.17) is 14.8 Å². The molecule has 0 atom stereocenters. The third kappa shape index (κ3) is 6.26. The van der Waals surface area contributed by atoms with E-state index < -0.39 is 5.60 Å². The van der Waals surface area contributed by atoms with E-state index in [-0.39, 0.29) is 23.9 Å². The number of carbonyl (C=O) groups excluding carboxylic acids is 1. The minimum atomic E-state index is -0.518. The number of unbranched alkanes of at least 4 members (excludes halogenated alkanes) is 1. The van der Waals surface area contributed by atoms with Crippen molar-refractivity contribution >= 4 is 17.6 Å². The predicted molar refractivity (Wildman–Crippen MR) is 134 cm³/mol. The maximum absolute atomic E-state index is 13.5. The molecule has 2 heterocycles. The Hall–Kier alpha value is -3.23. The summed E-state index contributed by atoms with van der Waals surface area (Å²) in [6.07, 6.45) is 6.92. The molecule has 0 radical (unpaired) electrons. The van der Waals surface area contributed by atoms with Crippen LogP contribution in [0.4, 0.5) is 15.1 Å². The average molecular weight is 483 g/mol. The zero-order valence-electron chi connectivity index (χ0n) is 21.0. The second kappa shape index (κ2) is 10.6. The number of amides is 1. The first-order chi connectivity index (χ1) is 16.7. The van der Waals surface area contributed by atoms with E-state index in [2.05, 4.69) is 22.5 Å². The van der Waals surface area contributed by atoms with Gasteiger partial charge in [0.2, 0.25) is 5.95 Å². The first-order valence-corrected chi connectivity index (χ1v) is 12.5. The van der Waals surface area contributed by atoms with Gasteiger partial charge < -0.3 is 15.4 Å². The van der Waals surface area contributed by atoms with Crippen LogP contribution in [-0.4, -0.2) is 43.9 Å². The lowest BCUT2D eigenvalue weighted by molar-refractivity contribution is 0.0491. The third-order valence-corrected chi connectivity index (χ3v) is 6.16. The van der Waals surface area contributed by atoms with Gasteiger partial charge in [0.25, 0.3) is 0 Å². The zero-order chi connectivity index (χ0) is 25.0. The minimum absolute atomic E-state index is 0.0739. The summed E-state index contributed by atoms with van der Waals surface area (Å²) in [5, 5.41) is 11.1. The topological polar surface area (TPSA) is 93.4 Å². The van der Waals surface area contributed by atoms with Crippen LogP contribution in [0.1, 0.15) is 78.0 Å². The fourth-order valence-electron chi connectivity index (χ4n) is 4.42. The fraction of sp³-hybridized carbons (Fsp3) is 0.538. The molecule has 0 unspecified atom stereocenters. The molecule has 2 aromatic heterocycles. The molecule has 8 nitrogen and oxygen atoms in total. The molecule has 0 aliphatic heterocycles. The van der Waals surface area contributed by atoms with E-state index in [0.717, 1.165) is 67.7 Å². The van der Waals surface area contributed by atoms with E-state index >= 15 is 0 Å². The Morgan fingerprint density at radius 1 is 1.17 bits per heavy atom. The van der Waals surface area contributed by atoms with Crippen LogP contribution in [0.15, 0.2) is 30.5 Å². The highest BCUT2D eigenvalue weighted by molar-refractivity contribution is 5.77. The molecule has 1 aromatic carbocycles. The second-order valence-corrected chi connectivity index (χ2v) is 10.2. The highest BCUT2D eigenvalue weighted by Gasteiger charge is 2.29. The van der Waals surface area contributed by atoms with Gasteiger partial charge in [-0.05, 0) is 77.1 Å². The summed E-state index contributed by atoms with van der Waals surface area (Å²) < 4.78 is 20.8. The number of imidazole rings is 1. The van der Waals surface area contributed by atoms with E-state index in [0.29, 0.717) is 5.95 Å². The number of halogens is 1. The van der Waals surface area contributed by atoms with E-state index in [9.17, 15) is 9.18 Å². The summed E-state index contributed by atoms with van der Waals surface area (Å²) >= 11 is 0. The van der Waals surface area contributed by atoms with Crippen molar-refractivity contribution in [3.8, 4) is 11.3 Å². The molecule has 4 rings (SSSR count). The highest BCUT2D eigenvalue weighted by Crippen LogP contribution is 2.35. The number of hydrogen-bond acceptors (Lipinski definition) is 6. The van der Waals surface area contributed by atoms with Crippen LogP contribution in [-0.2, 0) is 4.74 Å². The molecule has 1 amide bonds. The number of rotatable bonds is 7. The number of nitrogens with zero attached hydrogens (tertiary/aromatic N) is 4. The summed E-state index contributed by atoms with van der Waals surface area (Å²) in [4.78, 5) is 21.7. The number of ether oxygens (including phenoxy) is 1. The second-order valence-electron chi connectivity index (χ2n) is 10.2. The number of nitrogens with one attached hydrogen (secondary N) is 2. The molecule has 35 heavy (non-hydrogen) atoms. The Kier molecular flexibility index (Phi) is 7.52. The number of benzene rings is 1. The van der Waals surface area contributed by atoms with Gasteiger partial charge in [-0.25, -0.2) is 23.7 Å². The van der Waals surface area contributed by atoms with Gasteiger partial charge in [-0.1, -0.05) is 13.3 Å². The minimum Gasteiger partial charge on any atom is -0.444 e. The molecule has 9 heteroatoms. The Balaban J connectivity index is 1.57. The fourth-order valence-corrected chi connectivity index (χ4v) is 4.42. The molecule has 0 bridgehead atoms. The first kappa shape index (κ1) is 24.9. The standard InChI is InChI=1S/C26H35FN6O2/c1-5-6-15-28-24-29-16-21-22(17-7-11-19(27)12-8-17)31-23(33(21)32-24)18-9-13-20(14-10-18)30-25(34)35-26(2,3)4/h7-8,11-12,16,18,20H,5-6,9-10,13-15H2,1-4H3,(H,28,32)(H,30,34). The molecule has 1 aliphatic rings. The summed E-state index contributed by atoms with van der Waals surface area (Å²) in [6.45, 7) is 8.53. The summed E-state index contributed by atoms with van der Waals surface area (Å²) in [5.74, 6) is 1.34. The Labute approximate surface area is 205 Å². The number of alkyl carbamates (subject to hydrolysis) is 1. The van der Waals surface area contributed by atoms with Gasteiger partial charge in [0, 0.05) is 24.1 Å². The van der Waals surface area contributed by atoms with Crippen LogP contribution in [0.3, 0.4) is 0 Å². The normalized spacial score (nSPS) is 18.4. The summed E-state index contributed by atoms with van der Waals surface area (Å²) in [5.41, 5.74) is 1.84. The number of hydrogen-bond donors (Lipinski definition) is 2.